The van der Waals surface area contributed by atoms with E-state index < -0.39 is 17.3 Å². The Bertz CT molecular complexity index is 396. The molecule has 0 amide bonds. The minimum atomic E-state index is -0.782. The summed E-state index contributed by atoms with van der Waals surface area (Å²) in [6.07, 6.45) is 0. The van der Waals surface area contributed by atoms with Crippen molar-refractivity contribution in [1.29, 1.82) is 0 Å². The number of benzene rings is 1. The summed E-state index contributed by atoms with van der Waals surface area (Å²) in [5.41, 5.74) is 5.19. The average Bonchev–Trinajstić information content (AvgIpc) is 2.24. The monoisotopic (exact) mass is 291 g/mol. The molecule has 90 valence electrons. The lowest BCUT2D eigenvalue weighted by molar-refractivity contribution is 0.129. The minimum absolute atomic E-state index is 0.0217. The van der Waals surface area contributed by atoms with Gasteiger partial charge in [-0.3, -0.25) is 0 Å². The van der Waals surface area contributed by atoms with Gasteiger partial charge in [0, 0.05) is 23.6 Å². The SMILES string of the molecule is CC(C)(CO)[C@H](N)c1c(F)ccc(Br)c1O. The van der Waals surface area contributed by atoms with Crippen molar-refractivity contribution < 1.29 is 14.6 Å². The molecule has 0 unspecified atom stereocenters. The predicted octanol–water partition coefficient (Wildman–Crippen LogP) is 2.31. The van der Waals surface area contributed by atoms with Gasteiger partial charge >= 0.3 is 0 Å². The fourth-order valence-electron chi connectivity index (χ4n) is 1.34. The van der Waals surface area contributed by atoms with E-state index in [2.05, 4.69) is 15.9 Å². The highest BCUT2D eigenvalue weighted by Crippen LogP contribution is 2.40. The molecular formula is C11H15BrFNO2. The van der Waals surface area contributed by atoms with E-state index in [0.29, 0.717) is 4.47 Å². The van der Waals surface area contributed by atoms with E-state index in [1.54, 1.807) is 13.8 Å². The fourth-order valence-corrected chi connectivity index (χ4v) is 1.69. The number of phenols is 1. The number of hydrogen-bond donors (Lipinski definition) is 3. The van der Waals surface area contributed by atoms with Crippen LogP contribution in [0.1, 0.15) is 25.5 Å². The Hall–Kier alpha value is -0.650. The van der Waals surface area contributed by atoms with Crippen LogP contribution in [0.15, 0.2) is 16.6 Å². The van der Waals surface area contributed by atoms with Gasteiger partial charge in [0.25, 0.3) is 0 Å². The Kier molecular flexibility index (Phi) is 3.93. The molecule has 16 heavy (non-hydrogen) atoms. The first-order valence-electron chi connectivity index (χ1n) is 4.84. The number of hydrogen-bond acceptors (Lipinski definition) is 3. The van der Waals surface area contributed by atoms with Crippen LogP contribution in [-0.4, -0.2) is 16.8 Å². The molecule has 0 bridgehead atoms. The Morgan fingerprint density at radius 3 is 2.56 bits per heavy atom. The van der Waals surface area contributed by atoms with Crippen molar-refractivity contribution in [2.24, 2.45) is 11.1 Å². The normalized spacial score (nSPS) is 13.9. The second-order valence-electron chi connectivity index (χ2n) is 4.42. The van der Waals surface area contributed by atoms with Gasteiger partial charge in [0.05, 0.1) is 4.47 Å². The van der Waals surface area contributed by atoms with E-state index >= 15 is 0 Å². The van der Waals surface area contributed by atoms with Crippen LogP contribution in [0.5, 0.6) is 5.75 Å². The molecule has 5 heteroatoms. The number of halogens is 2. The van der Waals surface area contributed by atoms with Crippen molar-refractivity contribution in [3.05, 3.63) is 28.0 Å². The van der Waals surface area contributed by atoms with Crippen molar-refractivity contribution in [2.45, 2.75) is 19.9 Å². The third kappa shape index (κ3) is 2.36. The quantitative estimate of drug-likeness (QED) is 0.801. The van der Waals surface area contributed by atoms with E-state index in [1.807, 2.05) is 0 Å². The molecule has 0 radical (unpaired) electrons. The summed E-state index contributed by atoms with van der Waals surface area (Å²) in [6.45, 7) is 3.22. The topological polar surface area (TPSA) is 66.5 Å². The minimum Gasteiger partial charge on any atom is -0.506 e. The van der Waals surface area contributed by atoms with E-state index in [1.165, 1.54) is 12.1 Å². The van der Waals surface area contributed by atoms with Gasteiger partial charge in [-0.15, -0.1) is 0 Å². The van der Waals surface area contributed by atoms with Crippen molar-refractivity contribution in [3.63, 3.8) is 0 Å². The lowest BCUT2D eigenvalue weighted by Crippen LogP contribution is -2.33. The summed E-state index contributed by atoms with van der Waals surface area (Å²) in [7, 11) is 0. The van der Waals surface area contributed by atoms with Gasteiger partial charge in [0.1, 0.15) is 11.6 Å². The first-order chi connectivity index (χ1) is 7.31. The summed E-state index contributed by atoms with van der Waals surface area (Å²) in [5.74, 6) is -0.788. The maximum Gasteiger partial charge on any atom is 0.137 e. The molecule has 0 aromatic heterocycles. The zero-order chi connectivity index (χ0) is 12.5. The molecule has 0 fully saturated rings. The van der Waals surface area contributed by atoms with Crippen molar-refractivity contribution in [2.75, 3.05) is 6.61 Å². The Morgan fingerprint density at radius 2 is 2.06 bits per heavy atom. The Morgan fingerprint density at radius 1 is 1.50 bits per heavy atom. The lowest BCUT2D eigenvalue weighted by atomic mass is 9.81. The van der Waals surface area contributed by atoms with E-state index in [-0.39, 0.29) is 17.9 Å². The molecule has 0 aliphatic rings. The standard InChI is InChI=1S/C11H15BrFNO2/c1-11(2,5-15)10(14)8-7(13)4-3-6(12)9(8)16/h3-4,10,15-16H,5,14H2,1-2H3/t10-/m1/s1. The molecule has 3 nitrogen and oxygen atoms in total. The predicted molar refractivity (Wildman–Crippen MR) is 63.6 cm³/mol. The third-order valence-corrected chi connectivity index (χ3v) is 3.31. The van der Waals surface area contributed by atoms with Crippen LogP contribution in [0.3, 0.4) is 0 Å². The van der Waals surface area contributed by atoms with Gasteiger partial charge in [0.2, 0.25) is 0 Å². The fraction of sp³-hybridized carbons (Fsp3) is 0.455. The number of aliphatic hydroxyl groups is 1. The molecule has 1 aromatic rings. The van der Waals surface area contributed by atoms with Crippen LogP contribution >= 0.6 is 15.9 Å². The van der Waals surface area contributed by atoms with Crippen LogP contribution in [0.4, 0.5) is 4.39 Å². The van der Waals surface area contributed by atoms with Gasteiger partial charge in [-0.25, -0.2) is 4.39 Å². The van der Waals surface area contributed by atoms with Gasteiger partial charge in [-0.1, -0.05) is 13.8 Å². The zero-order valence-electron chi connectivity index (χ0n) is 9.17. The average molecular weight is 292 g/mol. The van der Waals surface area contributed by atoms with Crippen LogP contribution in [0, 0.1) is 11.2 Å². The van der Waals surface area contributed by atoms with Crippen LogP contribution in [0.2, 0.25) is 0 Å². The number of phenolic OH excluding ortho intramolecular Hbond substituents is 1. The molecule has 0 spiro atoms. The molecule has 0 saturated carbocycles. The summed E-state index contributed by atoms with van der Waals surface area (Å²) >= 11 is 3.10. The van der Waals surface area contributed by atoms with Crippen molar-refractivity contribution in [1.82, 2.24) is 0 Å². The molecule has 1 aromatic carbocycles. The summed E-state index contributed by atoms with van der Waals surface area (Å²) in [6, 6.07) is 1.86. The van der Waals surface area contributed by atoms with Gasteiger partial charge in [-0.2, -0.15) is 0 Å². The highest BCUT2D eigenvalue weighted by molar-refractivity contribution is 9.10. The smallest absolute Gasteiger partial charge is 0.137 e. The molecule has 1 rings (SSSR count). The number of aromatic hydroxyl groups is 1. The Balaban J connectivity index is 3.28. The van der Waals surface area contributed by atoms with Crippen LogP contribution in [-0.2, 0) is 0 Å². The number of nitrogens with two attached hydrogens (primary N) is 1. The highest BCUT2D eigenvalue weighted by Gasteiger charge is 2.31. The van der Waals surface area contributed by atoms with Crippen LogP contribution < -0.4 is 5.73 Å². The first kappa shape index (κ1) is 13.4. The van der Waals surface area contributed by atoms with Gasteiger partial charge in [0.15, 0.2) is 0 Å². The molecular weight excluding hydrogens is 277 g/mol. The second-order valence-corrected chi connectivity index (χ2v) is 5.27. The van der Waals surface area contributed by atoms with Crippen molar-refractivity contribution >= 4 is 15.9 Å². The third-order valence-electron chi connectivity index (χ3n) is 2.68. The van der Waals surface area contributed by atoms with E-state index in [0.717, 1.165) is 0 Å². The zero-order valence-corrected chi connectivity index (χ0v) is 10.8. The lowest BCUT2D eigenvalue weighted by Gasteiger charge is -2.30. The van der Waals surface area contributed by atoms with Crippen molar-refractivity contribution in [3.8, 4) is 5.75 Å². The number of rotatable bonds is 3. The summed E-state index contributed by atoms with van der Waals surface area (Å²) in [5, 5.41) is 18.9. The highest BCUT2D eigenvalue weighted by atomic mass is 79.9. The molecule has 0 heterocycles. The molecule has 0 aliphatic carbocycles. The summed E-state index contributed by atoms with van der Waals surface area (Å²) in [4.78, 5) is 0. The largest absolute Gasteiger partial charge is 0.506 e. The maximum absolute atomic E-state index is 13.6. The van der Waals surface area contributed by atoms with Crippen LogP contribution in [0.25, 0.3) is 0 Å². The first-order valence-corrected chi connectivity index (χ1v) is 5.64. The Labute approximate surface area is 102 Å². The second kappa shape index (κ2) is 4.69. The molecule has 4 N–H and O–H groups in total. The van der Waals surface area contributed by atoms with Gasteiger partial charge in [-0.05, 0) is 28.1 Å². The number of aliphatic hydroxyl groups excluding tert-OH is 1. The molecule has 0 aliphatic heterocycles. The maximum atomic E-state index is 13.6. The van der Waals surface area contributed by atoms with Gasteiger partial charge < -0.3 is 15.9 Å². The molecule has 1 atom stereocenters. The summed E-state index contributed by atoms with van der Waals surface area (Å²) < 4.78 is 14.0. The van der Waals surface area contributed by atoms with E-state index in [9.17, 15) is 14.6 Å². The van der Waals surface area contributed by atoms with E-state index in [4.69, 9.17) is 5.73 Å². The molecule has 0 saturated heterocycles.